The molecule has 1 aromatic heterocycles. The third-order valence-corrected chi connectivity index (χ3v) is 4.08. The van der Waals surface area contributed by atoms with E-state index in [4.69, 9.17) is 5.73 Å². The maximum atomic E-state index is 6.20. The lowest BCUT2D eigenvalue weighted by Crippen LogP contribution is -2.13. The van der Waals surface area contributed by atoms with E-state index < -0.39 is 0 Å². The second kappa shape index (κ2) is 5.59. The van der Waals surface area contributed by atoms with Crippen molar-refractivity contribution in [2.45, 2.75) is 39.2 Å². The molecule has 0 spiro atoms. The summed E-state index contributed by atoms with van der Waals surface area (Å²) < 4.78 is 3.93. The summed E-state index contributed by atoms with van der Waals surface area (Å²) >= 11 is 1.40. The summed E-state index contributed by atoms with van der Waals surface area (Å²) in [4.78, 5) is 1.09. The molecule has 96 valence electrons. The van der Waals surface area contributed by atoms with Gasteiger partial charge in [-0.05, 0) is 41.9 Å². The topological polar surface area (TPSA) is 51.8 Å². The SMILES string of the molecule is Cc1nnsc1C(N)Cc1ccc(C(C)C)cc1. The van der Waals surface area contributed by atoms with Gasteiger partial charge in [0.2, 0.25) is 0 Å². The third-order valence-electron chi connectivity index (χ3n) is 3.13. The Balaban J connectivity index is 2.08. The van der Waals surface area contributed by atoms with Gasteiger partial charge in [-0.15, -0.1) is 5.10 Å². The van der Waals surface area contributed by atoms with Crippen LogP contribution in [0.3, 0.4) is 0 Å². The molecule has 0 fully saturated rings. The fourth-order valence-electron chi connectivity index (χ4n) is 1.96. The Morgan fingerprint density at radius 3 is 2.39 bits per heavy atom. The first-order valence-corrected chi connectivity index (χ1v) is 6.98. The van der Waals surface area contributed by atoms with Crippen LogP contribution >= 0.6 is 11.5 Å². The minimum Gasteiger partial charge on any atom is -0.323 e. The largest absolute Gasteiger partial charge is 0.323 e. The number of aryl methyl sites for hydroxylation is 1. The number of hydrogen-bond donors (Lipinski definition) is 1. The predicted molar refractivity (Wildman–Crippen MR) is 75.8 cm³/mol. The lowest BCUT2D eigenvalue weighted by Gasteiger charge is -2.11. The maximum Gasteiger partial charge on any atom is 0.0772 e. The molecule has 1 unspecified atom stereocenters. The van der Waals surface area contributed by atoms with Gasteiger partial charge in [0, 0.05) is 6.04 Å². The fourth-order valence-corrected chi connectivity index (χ4v) is 2.61. The van der Waals surface area contributed by atoms with Crippen LogP contribution in [-0.4, -0.2) is 9.59 Å². The highest BCUT2D eigenvalue weighted by Gasteiger charge is 2.13. The van der Waals surface area contributed by atoms with Gasteiger partial charge in [-0.3, -0.25) is 0 Å². The van der Waals surface area contributed by atoms with Crippen LogP contribution in [0, 0.1) is 6.92 Å². The molecule has 2 N–H and O–H groups in total. The minimum atomic E-state index is -0.00472. The molecule has 0 amide bonds. The van der Waals surface area contributed by atoms with Crippen LogP contribution in [0.1, 0.15) is 47.5 Å². The third kappa shape index (κ3) is 2.94. The van der Waals surface area contributed by atoms with E-state index in [1.807, 2.05) is 6.92 Å². The van der Waals surface area contributed by atoms with Crippen LogP contribution < -0.4 is 5.73 Å². The highest BCUT2D eigenvalue weighted by atomic mass is 32.1. The lowest BCUT2D eigenvalue weighted by atomic mass is 9.99. The Hall–Kier alpha value is -1.26. The van der Waals surface area contributed by atoms with Gasteiger partial charge in [-0.25, -0.2) is 0 Å². The summed E-state index contributed by atoms with van der Waals surface area (Å²) in [5, 5.41) is 4.01. The summed E-state index contributed by atoms with van der Waals surface area (Å²) in [6.07, 6.45) is 0.836. The van der Waals surface area contributed by atoms with Crippen molar-refractivity contribution < 1.29 is 0 Å². The molecule has 1 heterocycles. The van der Waals surface area contributed by atoms with E-state index in [9.17, 15) is 0 Å². The van der Waals surface area contributed by atoms with Crippen molar-refractivity contribution in [2.75, 3.05) is 0 Å². The van der Waals surface area contributed by atoms with Gasteiger partial charge >= 0.3 is 0 Å². The highest BCUT2D eigenvalue weighted by Crippen LogP contribution is 2.22. The summed E-state index contributed by atoms with van der Waals surface area (Å²) in [5.41, 5.74) is 9.78. The average Bonchev–Trinajstić information content (AvgIpc) is 2.76. The Morgan fingerprint density at radius 2 is 1.89 bits per heavy atom. The van der Waals surface area contributed by atoms with Gasteiger partial charge in [0.15, 0.2) is 0 Å². The van der Waals surface area contributed by atoms with Crippen molar-refractivity contribution in [3.05, 3.63) is 46.0 Å². The summed E-state index contributed by atoms with van der Waals surface area (Å²) in [6.45, 7) is 6.36. The zero-order chi connectivity index (χ0) is 13.1. The second-order valence-electron chi connectivity index (χ2n) is 4.93. The van der Waals surface area contributed by atoms with Crippen LogP contribution in [0.15, 0.2) is 24.3 Å². The molecule has 0 aliphatic rings. The Morgan fingerprint density at radius 1 is 1.22 bits per heavy atom. The number of nitrogens with zero attached hydrogens (tertiary/aromatic N) is 2. The van der Waals surface area contributed by atoms with Crippen LogP contribution in [0.2, 0.25) is 0 Å². The molecule has 18 heavy (non-hydrogen) atoms. The number of nitrogens with two attached hydrogens (primary N) is 1. The molecule has 2 rings (SSSR count). The molecule has 4 heteroatoms. The van der Waals surface area contributed by atoms with Gasteiger partial charge < -0.3 is 5.73 Å². The highest BCUT2D eigenvalue weighted by molar-refractivity contribution is 7.05. The summed E-state index contributed by atoms with van der Waals surface area (Å²) in [5.74, 6) is 0.570. The minimum absolute atomic E-state index is 0.00472. The zero-order valence-electron chi connectivity index (χ0n) is 11.1. The van der Waals surface area contributed by atoms with Crippen LogP contribution in [0.4, 0.5) is 0 Å². The Labute approximate surface area is 112 Å². The molecule has 3 nitrogen and oxygen atoms in total. The predicted octanol–water partition coefficient (Wildman–Crippen LogP) is 3.21. The normalized spacial score (nSPS) is 12.9. The summed E-state index contributed by atoms with van der Waals surface area (Å²) in [7, 11) is 0. The van der Waals surface area contributed by atoms with Crippen molar-refractivity contribution in [2.24, 2.45) is 5.73 Å². The molecule has 0 saturated heterocycles. The van der Waals surface area contributed by atoms with Crippen molar-refractivity contribution in [1.29, 1.82) is 0 Å². The van der Waals surface area contributed by atoms with Crippen molar-refractivity contribution in [1.82, 2.24) is 9.59 Å². The van der Waals surface area contributed by atoms with Crippen LogP contribution in [0.5, 0.6) is 0 Å². The molecule has 1 atom stereocenters. The quantitative estimate of drug-likeness (QED) is 0.919. The zero-order valence-corrected chi connectivity index (χ0v) is 11.9. The fraction of sp³-hybridized carbons (Fsp3) is 0.429. The molecule has 0 bridgehead atoms. The maximum absolute atomic E-state index is 6.20. The monoisotopic (exact) mass is 261 g/mol. The summed E-state index contributed by atoms with van der Waals surface area (Å²) in [6, 6.07) is 8.70. The molecule has 0 radical (unpaired) electrons. The lowest BCUT2D eigenvalue weighted by molar-refractivity contribution is 0.727. The first-order chi connectivity index (χ1) is 8.58. The first-order valence-electron chi connectivity index (χ1n) is 6.21. The molecule has 0 saturated carbocycles. The van der Waals surface area contributed by atoms with E-state index in [0.717, 1.165) is 17.0 Å². The van der Waals surface area contributed by atoms with E-state index in [2.05, 4.69) is 47.7 Å². The standard InChI is InChI=1S/C14H19N3S/c1-9(2)12-6-4-11(5-7-12)8-13(15)14-10(3)16-17-18-14/h4-7,9,13H,8,15H2,1-3H3. The molecule has 2 aromatic rings. The van der Waals surface area contributed by atoms with Crippen molar-refractivity contribution in [3.63, 3.8) is 0 Å². The van der Waals surface area contributed by atoms with Gasteiger partial charge in [-0.1, -0.05) is 42.6 Å². The number of rotatable bonds is 4. The Kier molecular flexibility index (Phi) is 4.09. The molecular formula is C14H19N3S. The number of hydrogen-bond acceptors (Lipinski definition) is 4. The molecule has 1 aromatic carbocycles. The van der Waals surface area contributed by atoms with E-state index in [-0.39, 0.29) is 6.04 Å². The number of aromatic nitrogens is 2. The van der Waals surface area contributed by atoms with Crippen molar-refractivity contribution >= 4 is 11.5 Å². The molecule has 0 aliphatic heterocycles. The van der Waals surface area contributed by atoms with Gasteiger partial charge in [0.05, 0.1) is 10.6 Å². The van der Waals surface area contributed by atoms with Crippen LogP contribution in [-0.2, 0) is 6.42 Å². The van der Waals surface area contributed by atoms with Crippen LogP contribution in [0.25, 0.3) is 0 Å². The average molecular weight is 261 g/mol. The smallest absolute Gasteiger partial charge is 0.0772 e. The van der Waals surface area contributed by atoms with E-state index in [1.165, 1.54) is 22.7 Å². The number of benzene rings is 1. The van der Waals surface area contributed by atoms with E-state index in [0.29, 0.717) is 5.92 Å². The van der Waals surface area contributed by atoms with Crippen molar-refractivity contribution in [3.8, 4) is 0 Å². The van der Waals surface area contributed by atoms with Gasteiger partial charge in [0.25, 0.3) is 0 Å². The molecule has 0 aliphatic carbocycles. The van der Waals surface area contributed by atoms with Gasteiger partial charge in [-0.2, -0.15) is 0 Å². The Bertz CT molecular complexity index is 502. The molecular weight excluding hydrogens is 242 g/mol. The second-order valence-corrected chi connectivity index (χ2v) is 5.72. The van der Waals surface area contributed by atoms with E-state index in [1.54, 1.807) is 0 Å². The first kappa shape index (κ1) is 13.2. The van der Waals surface area contributed by atoms with Gasteiger partial charge in [0.1, 0.15) is 0 Å². The van der Waals surface area contributed by atoms with E-state index >= 15 is 0 Å².